The zero-order valence-electron chi connectivity index (χ0n) is 14.5. The van der Waals surface area contributed by atoms with Crippen LogP contribution in [0.4, 0.5) is 27.9 Å². The van der Waals surface area contributed by atoms with Gasteiger partial charge >= 0.3 is 17.8 Å². The molecule has 162 valence electrons. The number of nitrogens with two attached hydrogens (primary N) is 1. The highest BCUT2D eigenvalue weighted by atomic mass is 19.4. The highest BCUT2D eigenvalue weighted by Gasteiger charge is 2.56. The van der Waals surface area contributed by atoms with E-state index in [0.29, 0.717) is 9.13 Å². The third-order valence-electron chi connectivity index (χ3n) is 4.52. The number of nitrogens with one attached hydrogen (secondary N) is 1. The van der Waals surface area contributed by atoms with Gasteiger partial charge in [0.05, 0.1) is 12.7 Å². The number of ether oxygens (including phenoxy) is 1. The largest absolute Gasteiger partial charge is 0.453 e. The molecule has 1 saturated heterocycles. The summed E-state index contributed by atoms with van der Waals surface area (Å²) in [5, 5.41) is 19.3. The number of halogens is 5. The predicted molar refractivity (Wildman–Crippen MR) is 86.3 cm³/mol. The number of alkyl halides is 5. The van der Waals surface area contributed by atoms with Crippen LogP contribution in [-0.2, 0) is 11.3 Å². The lowest BCUT2D eigenvalue weighted by Crippen LogP contribution is -2.39. The summed E-state index contributed by atoms with van der Waals surface area (Å²) < 4.78 is 70.3. The van der Waals surface area contributed by atoms with Gasteiger partial charge in [-0.1, -0.05) is 0 Å². The van der Waals surface area contributed by atoms with Crippen LogP contribution >= 0.6 is 0 Å². The molecule has 3 rings (SSSR count). The maximum atomic E-state index is 13.3. The van der Waals surface area contributed by atoms with Crippen LogP contribution in [0.15, 0.2) is 9.59 Å². The fourth-order valence-electron chi connectivity index (χ4n) is 3.11. The Bertz CT molecular complexity index is 1030. The Morgan fingerprint density at radius 3 is 2.48 bits per heavy atom. The van der Waals surface area contributed by atoms with Crippen molar-refractivity contribution in [3.05, 3.63) is 20.8 Å². The Labute approximate surface area is 157 Å². The third kappa shape index (κ3) is 3.60. The highest BCUT2D eigenvalue weighted by Crippen LogP contribution is 2.38. The van der Waals surface area contributed by atoms with E-state index in [4.69, 9.17) is 15.6 Å². The molecule has 0 aliphatic carbocycles. The first kappa shape index (κ1) is 21.2. The molecule has 0 aromatic carbocycles. The van der Waals surface area contributed by atoms with Gasteiger partial charge in [-0.25, -0.2) is 9.36 Å². The second-order valence-electron chi connectivity index (χ2n) is 6.51. The fraction of sp³-hybridized carbons (Fsp3) is 0.643. The van der Waals surface area contributed by atoms with Gasteiger partial charge < -0.3 is 20.7 Å². The topological polar surface area (TPSA) is 148 Å². The van der Waals surface area contributed by atoms with Gasteiger partial charge in [0.1, 0.15) is 6.10 Å². The number of aryl methyl sites for hydroxylation is 1. The summed E-state index contributed by atoms with van der Waals surface area (Å²) in [5.41, 5.74) is 2.11. The standard InChI is InChI=1S/C14H16F5N5O5/c15-13(16,14(17,18)19)1-2-23-7-8(21-11(20)22-9(7)27)24(12(23)28)10-6(26)3-5(4-25)29-10/h5-6,10,25-26H,1-4H2,(H3,20,21,22,27)/t5-,6+,10+/m0/s1. The molecule has 0 spiro atoms. The van der Waals surface area contributed by atoms with Crippen LogP contribution in [0.1, 0.15) is 19.1 Å². The van der Waals surface area contributed by atoms with Gasteiger partial charge in [-0.15, -0.1) is 0 Å². The molecule has 2 aromatic heterocycles. The molecule has 5 N–H and O–H groups in total. The Balaban J connectivity index is 2.13. The predicted octanol–water partition coefficient (Wildman–Crippen LogP) is -0.303. The molecule has 0 bridgehead atoms. The minimum Gasteiger partial charge on any atom is -0.394 e. The smallest absolute Gasteiger partial charge is 0.394 e. The number of fused-ring (bicyclic) bond motifs is 1. The van der Waals surface area contributed by atoms with Gasteiger partial charge in [0, 0.05) is 19.4 Å². The molecule has 0 radical (unpaired) electrons. The molecule has 10 nitrogen and oxygen atoms in total. The summed E-state index contributed by atoms with van der Waals surface area (Å²) in [6.07, 6.45) is -11.4. The summed E-state index contributed by atoms with van der Waals surface area (Å²) in [5.74, 6) is -5.57. The average molecular weight is 429 g/mol. The van der Waals surface area contributed by atoms with E-state index < -0.39 is 78.5 Å². The van der Waals surface area contributed by atoms with Gasteiger partial charge in [-0.2, -0.15) is 26.9 Å². The minimum atomic E-state index is -5.84. The number of imidazole rings is 1. The van der Waals surface area contributed by atoms with Crippen molar-refractivity contribution < 1.29 is 36.9 Å². The molecule has 0 saturated carbocycles. The van der Waals surface area contributed by atoms with E-state index in [9.17, 15) is 36.6 Å². The Morgan fingerprint density at radius 2 is 1.93 bits per heavy atom. The molecule has 2 aromatic rings. The van der Waals surface area contributed by atoms with Crippen molar-refractivity contribution in [1.29, 1.82) is 0 Å². The lowest BCUT2D eigenvalue weighted by atomic mass is 10.2. The van der Waals surface area contributed by atoms with Crippen molar-refractivity contribution in [2.75, 3.05) is 12.3 Å². The molecule has 15 heteroatoms. The molecule has 1 aliphatic heterocycles. The molecule has 3 heterocycles. The minimum absolute atomic E-state index is 0.0922. The zero-order valence-corrected chi connectivity index (χ0v) is 14.5. The van der Waals surface area contributed by atoms with E-state index in [1.807, 2.05) is 4.98 Å². The maximum absolute atomic E-state index is 13.3. The summed E-state index contributed by atoms with van der Waals surface area (Å²) in [4.78, 5) is 30.8. The number of aliphatic hydroxyl groups is 2. The number of rotatable bonds is 5. The number of hydrogen-bond acceptors (Lipinski definition) is 7. The molecule has 3 atom stereocenters. The van der Waals surface area contributed by atoms with E-state index in [2.05, 4.69) is 4.98 Å². The van der Waals surface area contributed by atoms with E-state index >= 15 is 0 Å². The van der Waals surface area contributed by atoms with Crippen molar-refractivity contribution in [2.45, 2.75) is 49.9 Å². The van der Waals surface area contributed by atoms with Crippen LogP contribution in [0.25, 0.3) is 11.2 Å². The number of hydrogen-bond donors (Lipinski definition) is 4. The molecular formula is C14H16F5N5O5. The van der Waals surface area contributed by atoms with Crippen molar-refractivity contribution >= 4 is 17.1 Å². The van der Waals surface area contributed by atoms with Crippen LogP contribution in [0, 0.1) is 0 Å². The van der Waals surface area contributed by atoms with E-state index in [1.54, 1.807) is 0 Å². The second kappa shape index (κ2) is 7.07. The molecule has 29 heavy (non-hydrogen) atoms. The monoisotopic (exact) mass is 429 g/mol. The van der Waals surface area contributed by atoms with Crippen LogP contribution in [0.2, 0.25) is 0 Å². The Hall–Kier alpha value is -2.52. The molecule has 0 unspecified atom stereocenters. The Kier molecular flexibility index (Phi) is 5.17. The van der Waals surface area contributed by atoms with E-state index in [-0.39, 0.29) is 6.42 Å². The van der Waals surface area contributed by atoms with E-state index in [0.717, 1.165) is 0 Å². The molecule has 1 aliphatic rings. The first-order chi connectivity index (χ1) is 13.4. The number of nitrogens with zero attached hydrogens (tertiary/aromatic N) is 3. The van der Waals surface area contributed by atoms with Crippen molar-refractivity contribution in [3.63, 3.8) is 0 Å². The summed E-state index contributed by atoms with van der Waals surface area (Å²) >= 11 is 0. The van der Waals surface area contributed by atoms with Crippen LogP contribution in [0.5, 0.6) is 0 Å². The highest BCUT2D eigenvalue weighted by molar-refractivity contribution is 5.71. The molecular weight excluding hydrogens is 413 g/mol. The number of aromatic amines is 1. The maximum Gasteiger partial charge on any atom is 0.453 e. The van der Waals surface area contributed by atoms with Crippen molar-refractivity contribution in [1.82, 2.24) is 19.1 Å². The SMILES string of the molecule is Nc1nc2c(c(=O)[nH]1)n(CCC(F)(F)C(F)(F)F)c(=O)n2[C@@H]1O[C@H](CO)C[C@H]1O. The van der Waals surface area contributed by atoms with Crippen LogP contribution < -0.4 is 17.0 Å². The quantitative estimate of drug-likeness (QED) is 0.477. The summed E-state index contributed by atoms with van der Waals surface area (Å²) in [7, 11) is 0. The van der Waals surface area contributed by atoms with E-state index in [1.165, 1.54) is 0 Å². The average Bonchev–Trinajstić information content (AvgIpc) is 3.09. The van der Waals surface area contributed by atoms with Crippen LogP contribution in [-0.4, -0.2) is 60.2 Å². The van der Waals surface area contributed by atoms with Gasteiger partial charge in [-0.3, -0.25) is 14.3 Å². The van der Waals surface area contributed by atoms with Crippen LogP contribution in [0.3, 0.4) is 0 Å². The van der Waals surface area contributed by atoms with Gasteiger partial charge in [-0.05, 0) is 0 Å². The first-order valence-corrected chi connectivity index (χ1v) is 8.27. The first-order valence-electron chi connectivity index (χ1n) is 8.27. The molecule has 0 amide bonds. The number of anilines is 1. The fourth-order valence-corrected chi connectivity index (χ4v) is 3.11. The van der Waals surface area contributed by atoms with Crippen molar-refractivity contribution in [3.8, 4) is 0 Å². The summed E-state index contributed by atoms with van der Waals surface area (Å²) in [6.45, 7) is -1.68. The third-order valence-corrected chi connectivity index (χ3v) is 4.52. The van der Waals surface area contributed by atoms with Gasteiger partial charge in [0.25, 0.3) is 5.56 Å². The zero-order chi connectivity index (χ0) is 21.7. The normalized spacial score (nSPS) is 23.2. The number of nitrogen functional groups attached to an aromatic ring is 1. The van der Waals surface area contributed by atoms with Gasteiger partial charge in [0.2, 0.25) is 5.95 Å². The number of aromatic nitrogens is 4. The second-order valence-corrected chi connectivity index (χ2v) is 6.51. The van der Waals surface area contributed by atoms with Crippen molar-refractivity contribution in [2.24, 2.45) is 0 Å². The lowest BCUT2D eigenvalue weighted by molar-refractivity contribution is -0.285. The number of aliphatic hydroxyl groups excluding tert-OH is 2. The number of H-pyrrole nitrogens is 1. The van der Waals surface area contributed by atoms with Gasteiger partial charge in [0.15, 0.2) is 17.4 Å². The lowest BCUT2D eigenvalue weighted by Gasteiger charge is -2.19. The summed E-state index contributed by atoms with van der Waals surface area (Å²) in [6, 6.07) is 0. The molecule has 1 fully saturated rings. The Morgan fingerprint density at radius 1 is 1.28 bits per heavy atom.